The molecule has 0 radical (unpaired) electrons. The smallest absolute Gasteiger partial charge is 0.361 e. The minimum absolute atomic E-state index is 0.0240. The van der Waals surface area contributed by atoms with Gasteiger partial charge in [0.2, 0.25) is 0 Å². The highest BCUT2D eigenvalue weighted by molar-refractivity contribution is 6.01. The maximum Gasteiger partial charge on any atom is 0.361 e. The van der Waals surface area contributed by atoms with Crippen molar-refractivity contribution < 1.29 is 13.9 Å². The summed E-state index contributed by atoms with van der Waals surface area (Å²) in [7, 11) is 0. The van der Waals surface area contributed by atoms with Crippen molar-refractivity contribution in [2.45, 2.75) is 42.9 Å². The van der Waals surface area contributed by atoms with Gasteiger partial charge in [0.1, 0.15) is 6.61 Å². The molecule has 2 saturated carbocycles. The second-order valence-corrected chi connectivity index (χ2v) is 10.6. The summed E-state index contributed by atoms with van der Waals surface area (Å²) in [5.74, 6) is 0.630. The van der Waals surface area contributed by atoms with Crippen LogP contribution in [0.2, 0.25) is 0 Å². The van der Waals surface area contributed by atoms with Crippen LogP contribution in [0.1, 0.15) is 53.2 Å². The second-order valence-electron chi connectivity index (χ2n) is 10.6. The summed E-state index contributed by atoms with van der Waals surface area (Å²) in [5, 5.41) is 0.992. The molecule has 37 heavy (non-hydrogen) atoms. The fourth-order valence-electron chi connectivity index (χ4n) is 5.55. The predicted molar refractivity (Wildman–Crippen MR) is 142 cm³/mol. The number of aromatic nitrogens is 2. The second kappa shape index (κ2) is 8.48. The Balaban J connectivity index is 1.22. The molecule has 3 aromatic carbocycles. The van der Waals surface area contributed by atoms with Crippen LogP contribution in [0.3, 0.4) is 0 Å². The summed E-state index contributed by atoms with van der Waals surface area (Å²) < 4.78 is 12.3. The number of fused-ring (bicyclic) bond motifs is 1. The van der Waals surface area contributed by atoms with Crippen molar-refractivity contribution in [1.82, 2.24) is 9.97 Å². The lowest BCUT2D eigenvalue weighted by atomic mass is 9.92. The van der Waals surface area contributed by atoms with Gasteiger partial charge in [-0.1, -0.05) is 78.9 Å². The molecule has 0 atom stereocenters. The van der Waals surface area contributed by atoms with Gasteiger partial charge in [0.15, 0.2) is 17.3 Å². The Morgan fingerprint density at radius 2 is 1.46 bits per heavy atom. The molecule has 2 fully saturated rings. The highest BCUT2D eigenvalue weighted by atomic mass is 16.5. The summed E-state index contributed by atoms with van der Waals surface area (Å²) in [6.45, 7) is 0.347. The normalized spacial score (nSPS) is 17.0. The number of carbonyl (C=O) groups is 1. The molecule has 1 N–H and O–H groups in total. The lowest BCUT2D eigenvalue weighted by molar-refractivity contribution is 0.0459. The standard InChI is InChI=1S/C32H28N2O3/c35-30(36-21-32(17-18-32)23-11-5-2-6-12-23)28-29(25-20-33-26-14-8-7-13-24(25)26)37-27(34-28)19-31(15-16-31)22-9-3-1-4-10-22/h1-14,20,33H,15-19,21H2. The number of oxazole rings is 1. The quantitative estimate of drug-likeness (QED) is 0.239. The van der Waals surface area contributed by atoms with Crippen LogP contribution in [0.5, 0.6) is 0 Å². The number of ether oxygens (including phenoxy) is 1. The lowest BCUT2D eigenvalue weighted by Gasteiger charge is -2.15. The summed E-state index contributed by atoms with van der Waals surface area (Å²) in [5.41, 5.74) is 4.52. The van der Waals surface area contributed by atoms with E-state index in [1.807, 2.05) is 54.7 Å². The van der Waals surface area contributed by atoms with E-state index in [9.17, 15) is 4.79 Å². The first kappa shape index (κ1) is 22.1. The van der Waals surface area contributed by atoms with Crippen molar-refractivity contribution in [3.05, 3.63) is 114 Å². The van der Waals surface area contributed by atoms with Crippen LogP contribution in [0.4, 0.5) is 0 Å². The number of rotatable bonds is 8. The van der Waals surface area contributed by atoms with E-state index in [2.05, 4.69) is 41.4 Å². The number of hydrogen-bond acceptors (Lipinski definition) is 4. The SMILES string of the molecule is O=C(OCC1(c2ccccc2)CC1)c1nc(CC2(c3ccccc3)CC2)oc1-c1c[nH]c2ccccc12. The Kier molecular flexibility index (Phi) is 5.07. The lowest BCUT2D eigenvalue weighted by Crippen LogP contribution is -2.19. The minimum atomic E-state index is -0.429. The van der Waals surface area contributed by atoms with Crippen LogP contribution in [0, 0.1) is 0 Å². The third-order valence-corrected chi connectivity index (χ3v) is 8.15. The molecule has 2 aliphatic carbocycles. The van der Waals surface area contributed by atoms with E-state index in [4.69, 9.17) is 14.1 Å². The van der Waals surface area contributed by atoms with Gasteiger partial charge in [0, 0.05) is 39.9 Å². The maximum absolute atomic E-state index is 13.5. The number of carbonyl (C=O) groups excluding carboxylic acids is 1. The molecule has 5 heteroatoms. The zero-order valence-corrected chi connectivity index (χ0v) is 20.6. The first-order valence-electron chi connectivity index (χ1n) is 13.0. The number of H-pyrrole nitrogens is 1. The molecule has 0 spiro atoms. The van der Waals surface area contributed by atoms with E-state index in [1.54, 1.807) is 0 Å². The summed E-state index contributed by atoms with van der Waals surface area (Å²) >= 11 is 0. The van der Waals surface area contributed by atoms with E-state index in [-0.39, 0.29) is 16.5 Å². The molecule has 0 amide bonds. The van der Waals surface area contributed by atoms with Crippen molar-refractivity contribution in [3.8, 4) is 11.3 Å². The summed E-state index contributed by atoms with van der Waals surface area (Å²) in [4.78, 5) is 21.6. The molecule has 0 unspecified atom stereocenters. The number of esters is 1. The topological polar surface area (TPSA) is 68.1 Å². The Bertz CT molecular complexity index is 1570. The van der Waals surface area contributed by atoms with Crippen LogP contribution in [-0.2, 0) is 22.0 Å². The van der Waals surface area contributed by atoms with E-state index in [0.717, 1.165) is 42.1 Å². The third kappa shape index (κ3) is 3.95. The van der Waals surface area contributed by atoms with Gasteiger partial charge in [-0.2, -0.15) is 0 Å². The molecule has 184 valence electrons. The van der Waals surface area contributed by atoms with Crippen molar-refractivity contribution in [2.24, 2.45) is 0 Å². The maximum atomic E-state index is 13.5. The first-order valence-corrected chi connectivity index (χ1v) is 13.0. The highest BCUT2D eigenvalue weighted by Gasteiger charge is 2.47. The monoisotopic (exact) mass is 488 g/mol. The fourth-order valence-corrected chi connectivity index (χ4v) is 5.55. The van der Waals surface area contributed by atoms with Crippen LogP contribution >= 0.6 is 0 Å². The average Bonchev–Trinajstić information content (AvgIpc) is 3.83. The Hall–Kier alpha value is -4.12. The number of nitrogens with zero attached hydrogens (tertiary/aromatic N) is 1. The van der Waals surface area contributed by atoms with Crippen LogP contribution in [0.25, 0.3) is 22.2 Å². The van der Waals surface area contributed by atoms with Gasteiger partial charge >= 0.3 is 5.97 Å². The van der Waals surface area contributed by atoms with Gasteiger partial charge in [-0.25, -0.2) is 9.78 Å². The number of hydrogen-bond donors (Lipinski definition) is 1. The third-order valence-electron chi connectivity index (χ3n) is 8.15. The molecule has 2 aromatic heterocycles. The number of para-hydroxylation sites is 1. The van der Waals surface area contributed by atoms with Crippen LogP contribution < -0.4 is 0 Å². The molecule has 2 heterocycles. The van der Waals surface area contributed by atoms with Crippen molar-refractivity contribution >= 4 is 16.9 Å². The van der Waals surface area contributed by atoms with Gasteiger partial charge < -0.3 is 14.1 Å². The Labute approximate surface area is 215 Å². The molecule has 5 nitrogen and oxygen atoms in total. The van der Waals surface area contributed by atoms with E-state index in [1.165, 1.54) is 11.1 Å². The predicted octanol–water partition coefficient (Wildman–Crippen LogP) is 6.99. The van der Waals surface area contributed by atoms with Crippen LogP contribution in [0.15, 0.2) is 95.5 Å². The Morgan fingerprint density at radius 1 is 0.838 bits per heavy atom. The van der Waals surface area contributed by atoms with Gasteiger partial charge in [-0.3, -0.25) is 0 Å². The molecule has 0 aliphatic heterocycles. The molecule has 5 aromatic rings. The van der Waals surface area contributed by atoms with E-state index < -0.39 is 5.97 Å². The number of aromatic amines is 1. The largest absolute Gasteiger partial charge is 0.460 e. The number of nitrogens with one attached hydrogen (secondary N) is 1. The molecule has 2 aliphatic rings. The average molecular weight is 489 g/mol. The van der Waals surface area contributed by atoms with Crippen molar-refractivity contribution in [3.63, 3.8) is 0 Å². The van der Waals surface area contributed by atoms with Crippen LogP contribution in [-0.4, -0.2) is 22.5 Å². The Morgan fingerprint density at radius 3 is 2.14 bits per heavy atom. The molecule has 0 saturated heterocycles. The highest BCUT2D eigenvalue weighted by Crippen LogP contribution is 2.51. The van der Waals surface area contributed by atoms with Gasteiger partial charge in [-0.05, 0) is 42.9 Å². The zero-order valence-electron chi connectivity index (χ0n) is 20.6. The van der Waals surface area contributed by atoms with Gasteiger partial charge in [-0.15, -0.1) is 0 Å². The first-order chi connectivity index (χ1) is 18.2. The molecule has 0 bridgehead atoms. The summed E-state index contributed by atoms with van der Waals surface area (Å²) in [6.07, 6.45) is 6.75. The van der Waals surface area contributed by atoms with E-state index in [0.29, 0.717) is 24.7 Å². The van der Waals surface area contributed by atoms with Crippen molar-refractivity contribution in [2.75, 3.05) is 6.61 Å². The fraction of sp³-hybridized carbons (Fsp3) is 0.250. The minimum Gasteiger partial charge on any atom is -0.460 e. The summed E-state index contributed by atoms with van der Waals surface area (Å²) in [6, 6.07) is 28.9. The molecule has 7 rings (SSSR count). The number of benzene rings is 3. The van der Waals surface area contributed by atoms with Crippen molar-refractivity contribution in [1.29, 1.82) is 0 Å². The molecular weight excluding hydrogens is 460 g/mol. The van der Waals surface area contributed by atoms with Gasteiger partial charge in [0.25, 0.3) is 0 Å². The zero-order chi connectivity index (χ0) is 24.9. The van der Waals surface area contributed by atoms with Gasteiger partial charge in [0.05, 0.1) is 0 Å². The molecular formula is C32H28N2O3. The van der Waals surface area contributed by atoms with E-state index >= 15 is 0 Å².